The molecule has 1 heterocycles. The summed E-state index contributed by atoms with van der Waals surface area (Å²) in [4.78, 5) is 0. The van der Waals surface area contributed by atoms with Gasteiger partial charge in [0.25, 0.3) is 0 Å². The molecule has 4 nitrogen and oxygen atoms in total. The third-order valence-corrected chi connectivity index (χ3v) is 6.95. The number of ether oxygens (including phenoxy) is 1. The summed E-state index contributed by atoms with van der Waals surface area (Å²) >= 11 is 0. The molecule has 0 aromatic heterocycles. The van der Waals surface area contributed by atoms with Gasteiger partial charge in [0.15, 0.2) is 0 Å². The Labute approximate surface area is 156 Å². The number of morpholine rings is 1. The summed E-state index contributed by atoms with van der Waals surface area (Å²) in [7, 11) is -3.44. The van der Waals surface area contributed by atoms with E-state index >= 15 is 0 Å². The largest absolute Gasteiger partial charge is 0.375 e. The van der Waals surface area contributed by atoms with Crippen LogP contribution in [0.1, 0.15) is 30.5 Å². The molecule has 3 rings (SSSR count). The van der Waals surface area contributed by atoms with Crippen LogP contribution in [0.2, 0.25) is 0 Å². The number of rotatable bonds is 5. The summed E-state index contributed by atoms with van der Waals surface area (Å²) in [5, 5.41) is 0. The number of hydrogen-bond donors (Lipinski definition) is 0. The molecule has 1 aliphatic rings. The summed E-state index contributed by atoms with van der Waals surface area (Å²) < 4.78 is 34.0. The highest BCUT2D eigenvalue weighted by Gasteiger charge is 2.42. The van der Waals surface area contributed by atoms with E-state index in [9.17, 15) is 8.42 Å². The van der Waals surface area contributed by atoms with Gasteiger partial charge < -0.3 is 4.74 Å². The minimum absolute atomic E-state index is 0.0289. The third-order valence-electron chi connectivity index (χ3n) is 4.96. The highest BCUT2D eigenvalue weighted by molar-refractivity contribution is 7.88. The molecule has 1 fully saturated rings. The normalized spacial score (nSPS) is 20.8. The number of sulfonamides is 1. The molecular formula is C21H27NO3S. The lowest BCUT2D eigenvalue weighted by Crippen LogP contribution is -2.58. The molecule has 5 heteroatoms. The second-order valence-corrected chi connectivity index (χ2v) is 9.54. The van der Waals surface area contributed by atoms with Crippen molar-refractivity contribution in [3.05, 3.63) is 71.3 Å². The van der Waals surface area contributed by atoms with Crippen molar-refractivity contribution in [2.75, 3.05) is 13.2 Å². The first kappa shape index (κ1) is 19.1. The van der Waals surface area contributed by atoms with E-state index in [0.29, 0.717) is 19.6 Å². The van der Waals surface area contributed by atoms with Crippen molar-refractivity contribution < 1.29 is 13.2 Å². The molecule has 1 unspecified atom stereocenters. The lowest BCUT2D eigenvalue weighted by Gasteiger charge is -2.44. The Hall–Kier alpha value is -1.69. The van der Waals surface area contributed by atoms with Gasteiger partial charge in [-0.1, -0.05) is 54.6 Å². The molecule has 0 amide bonds. The summed E-state index contributed by atoms with van der Waals surface area (Å²) in [6.07, 6.45) is 0.588. The maximum atomic E-state index is 13.2. The molecule has 26 heavy (non-hydrogen) atoms. The average molecular weight is 374 g/mol. The highest BCUT2D eigenvalue weighted by atomic mass is 32.2. The molecule has 140 valence electrons. The number of aryl methyl sites for hydroxylation is 1. The summed E-state index contributed by atoms with van der Waals surface area (Å²) in [6.45, 7) is 6.60. The van der Waals surface area contributed by atoms with Gasteiger partial charge >= 0.3 is 0 Å². The van der Waals surface area contributed by atoms with Crippen LogP contribution in [-0.4, -0.2) is 37.5 Å². The Morgan fingerprint density at radius 2 is 1.73 bits per heavy atom. The minimum atomic E-state index is -3.44. The first-order chi connectivity index (χ1) is 12.3. The van der Waals surface area contributed by atoms with E-state index in [1.165, 1.54) is 0 Å². The Bertz CT molecular complexity index is 847. The number of benzene rings is 2. The van der Waals surface area contributed by atoms with Crippen LogP contribution < -0.4 is 0 Å². The zero-order chi connectivity index (χ0) is 18.8. The van der Waals surface area contributed by atoms with E-state index in [1.54, 1.807) is 4.31 Å². The average Bonchev–Trinajstić information content (AvgIpc) is 2.59. The van der Waals surface area contributed by atoms with Gasteiger partial charge in [-0.2, -0.15) is 4.31 Å². The molecule has 0 radical (unpaired) electrons. The van der Waals surface area contributed by atoms with Crippen LogP contribution in [0.3, 0.4) is 0 Å². The third kappa shape index (κ3) is 4.34. The fraction of sp³-hybridized carbons (Fsp3) is 0.429. The number of nitrogens with zero attached hydrogens (tertiary/aromatic N) is 1. The van der Waals surface area contributed by atoms with Crippen LogP contribution in [-0.2, 0) is 26.9 Å². The van der Waals surface area contributed by atoms with Gasteiger partial charge in [-0.3, -0.25) is 0 Å². The van der Waals surface area contributed by atoms with Crippen LogP contribution >= 0.6 is 0 Å². The van der Waals surface area contributed by atoms with Gasteiger partial charge in [-0.15, -0.1) is 0 Å². The molecule has 0 saturated carbocycles. The smallest absolute Gasteiger partial charge is 0.218 e. The predicted octanol–water partition coefficient (Wildman–Crippen LogP) is 3.55. The number of hydrogen-bond acceptors (Lipinski definition) is 3. The first-order valence-electron chi connectivity index (χ1n) is 8.98. The zero-order valence-corrected chi connectivity index (χ0v) is 16.5. The molecule has 2 aromatic rings. The van der Waals surface area contributed by atoms with Gasteiger partial charge in [0.05, 0.1) is 24.0 Å². The van der Waals surface area contributed by atoms with Gasteiger partial charge in [-0.25, -0.2) is 8.42 Å². The molecule has 0 N–H and O–H groups in total. The summed E-state index contributed by atoms with van der Waals surface area (Å²) in [5.41, 5.74) is 2.47. The van der Waals surface area contributed by atoms with E-state index in [1.807, 2.05) is 63.2 Å². The Kier molecular flexibility index (Phi) is 5.51. The van der Waals surface area contributed by atoms with Gasteiger partial charge in [-0.05, 0) is 43.9 Å². The van der Waals surface area contributed by atoms with Crippen molar-refractivity contribution in [1.29, 1.82) is 0 Å². The lowest BCUT2D eigenvalue weighted by atomic mass is 10.0. The van der Waals surface area contributed by atoms with Gasteiger partial charge in [0, 0.05) is 6.54 Å². The highest BCUT2D eigenvalue weighted by Crippen LogP contribution is 2.29. The van der Waals surface area contributed by atoms with Crippen LogP contribution in [0, 0.1) is 6.92 Å². The topological polar surface area (TPSA) is 46.6 Å². The minimum Gasteiger partial charge on any atom is -0.375 e. The van der Waals surface area contributed by atoms with Gasteiger partial charge in [0.2, 0.25) is 10.0 Å². The van der Waals surface area contributed by atoms with Crippen LogP contribution in [0.25, 0.3) is 0 Å². The quantitative estimate of drug-likeness (QED) is 0.805. The van der Waals surface area contributed by atoms with E-state index in [0.717, 1.165) is 16.7 Å². The molecular weight excluding hydrogens is 346 g/mol. The maximum Gasteiger partial charge on any atom is 0.218 e. The van der Waals surface area contributed by atoms with Crippen molar-refractivity contribution in [2.45, 2.75) is 44.6 Å². The predicted molar refractivity (Wildman–Crippen MR) is 104 cm³/mol. The van der Waals surface area contributed by atoms with E-state index in [-0.39, 0.29) is 11.9 Å². The Morgan fingerprint density at radius 1 is 1.08 bits per heavy atom. The van der Waals surface area contributed by atoms with Crippen LogP contribution in [0.5, 0.6) is 0 Å². The van der Waals surface area contributed by atoms with Crippen LogP contribution in [0.4, 0.5) is 0 Å². The molecule has 0 spiro atoms. The Morgan fingerprint density at radius 3 is 2.42 bits per heavy atom. The SMILES string of the molecule is Cc1ccccc1CS(=O)(=O)N1CC(Cc2ccccc2)OCC1(C)C. The van der Waals surface area contributed by atoms with E-state index < -0.39 is 15.6 Å². The standard InChI is InChI=1S/C21H27NO3S/c1-17-9-7-8-12-19(17)15-26(23,24)22-14-20(25-16-21(22,2)3)13-18-10-5-4-6-11-18/h4-12,20H,13-16H2,1-3H3. The van der Waals surface area contributed by atoms with Crippen molar-refractivity contribution in [2.24, 2.45) is 0 Å². The van der Waals surface area contributed by atoms with Crippen molar-refractivity contribution in [3.63, 3.8) is 0 Å². The molecule has 1 atom stereocenters. The summed E-state index contributed by atoms with van der Waals surface area (Å²) in [5.74, 6) is 0.0289. The monoisotopic (exact) mass is 373 g/mol. The van der Waals surface area contributed by atoms with Crippen molar-refractivity contribution >= 4 is 10.0 Å². The van der Waals surface area contributed by atoms with Crippen molar-refractivity contribution in [1.82, 2.24) is 4.31 Å². The molecule has 2 aromatic carbocycles. The van der Waals surface area contributed by atoms with E-state index in [2.05, 4.69) is 12.1 Å². The Balaban J connectivity index is 1.79. The van der Waals surface area contributed by atoms with E-state index in [4.69, 9.17) is 4.74 Å². The van der Waals surface area contributed by atoms with Crippen LogP contribution in [0.15, 0.2) is 54.6 Å². The second kappa shape index (κ2) is 7.51. The fourth-order valence-electron chi connectivity index (χ4n) is 3.42. The second-order valence-electron chi connectivity index (χ2n) is 7.65. The molecule has 0 bridgehead atoms. The van der Waals surface area contributed by atoms with Crippen molar-refractivity contribution in [3.8, 4) is 0 Å². The molecule has 0 aliphatic carbocycles. The lowest BCUT2D eigenvalue weighted by molar-refractivity contribution is -0.0629. The maximum absolute atomic E-state index is 13.2. The molecule has 1 saturated heterocycles. The first-order valence-corrected chi connectivity index (χ1v) is 10.6. The molecule has 1 aliphatic heterocycles. The summed E-state index contributed by atoms with van der Waals surface area (Å²) in [6, 6.07) is 17.7. The van der Waals surface area contributed by atoms with Gasteiger partial charge in [0.1, 0.15) is 0 Å². The zero-order valence-electron chi connectivity index (χ0n) is 15.7. The fourth-order valence-corrected chi connectivity index (χ4v) is 5.49.